The number of rotatable bonds is 1. The van der Waals surface area contributed by atoms with Crippen LogP contribution in [-0.2, 0) is 5.41 Å². The average Bonchev–Trinajstić information content (AvgIpc) is 2.76. The van der Waals surface area contributed by atoms with Crippen molar-refractivity contribution in [3.8, 4) is 0 Å². The van der Waals surface area contributed by atoms with Crippen molar-refractivity contribution >= 4 is 16.5 Å². The highest BCUT2D eigenvalue weighted by Gasteiger charge is 2.38. The largest absolute Gasteiger partial charge is 0.456 e. The van der Waals surface area contributed by atoms with E-state index in [2.05, 4.69) is 39.5 Å². The number of allylic oxidation sites excluding steroid dienone is 3. The molecule has 1 aromatic carbocycles. The molecule has 0 saturated carbocycles. The lowest BCUT2D eigenvalue weighted by molar-refractivity contribution is 0.584. The van der Waals surface area contributed by atoms with Crippen molar-refractivity contribution < 1.29 is 4.42 Å². The SMILES string of the molecule is C=CC1=C(C)C(C)(C)c2c1oc1ccccc21. The summed E-state index contributed by atoms with van der Waals surface area (Å²) in [6.45, 7) is 10.6. The van der Waals surface area contributed by atoms with E-state index in [0.29, 0.717) is 0 Å². The van der Waals surface area contributed by atoms with Crippen LogP contribution in [0.3, 0.4) is 0 Å². The molecule has 0 atom stereocenters. The number of fused-ring (bicyclic) bond motifs is 3. The minimum atomic E-state index is 0.0332. The Kier molecular flexibility index (Phi) is 1.91. The highest BCUT2D eigenvalue weighted by atomic mass is 16.3. The Morgan fingerprint density at radius 1 is 1.24 bits per heavy atom. The molecule has 2 aromatic rings. The predicted octanol–water partition coefficient (Wildman–Crippen LogP) is 4.68. The molecule has 1 aliphatic rings. The second kappa shape index (κ2) is 3.13. The summed E-state index contributed by atoms with van der Waals surface area (Å²) in [6, 6.07) is 8.24. The Morgan fingerprint density at radius 2 is 1.94 bits per heavy atom. The van der Waals surface area contributed by atoms with Crippen LogP contribution >= 0.6 is 0 Å². The van der Waals surface area contributed by atoms with Gasteiger partial charge in [-0.05, 0) is 13.0 Å². The van der Waals surface area contributed by atoms with E-state index < -0.39 is 0 Å². The van der Waals surface area contributed by atoms with Crippen molar-refractivity contribution in [2.75, 3.05) is 0 Å². The third kappa shape index (κ3) is 1.14. The summed E-state index contributed by atoms with van der Waals surface area (Å²) in [5.74, 6) is 1.00. The Hall–Kier alpha value is -1.76. The Balaban J connectivity index is 2.46. The first-order chi connectivity index (χ1) is 8.07. The molecule has 1 heterocycles. The number of hydrogen-bond acceptors (Lipinski definition) is 1. The van der Waals surface area contributed by atoms with Crippen molar-refractivity contribution in [2.45, 2.75) is 26.2 Å². The molecule has 0 spiro atoms. The smallest absolute Gasteiger partial charge is 0.139 e. The summed E-state index contributed by atoms with van der Waals surface area (Å²) in [5, 5.41) is 1.23. The number of benzene rings is 1. The van der Waals surface area contributed by atoms with Gasteiger partial charge in [0.05, 0.1) is 0 Å². The van der Waals surface area contributed by atoms with Crippen LogP contribution in [0.25, 0.3) is 16.5 Å². The van der Waals surface area contributed by atoms with Crippen LogP contribution < -0.4 is 0 Å². The van der Waals surface area contributed by atoms with E-state index in [1.807, 2.05) is 18.2 Å². The van der Waals surface area contributed by atoms with Crippen LogP contribution in [0.4, 0.5) is 0 Å². The molecule has 1 aliphatic carbocycles. The topological polar surface area (TPSA) is 13.1 Å². The molecular weight excluding hydrogens is 208 g/mol. The van der Waals surface area contributed by atoms with Gasteiger partial charge in [0.15, 0.2) is 0 Å². The maximum Gasteiger partial charge on any atom is 0.139 e. The van der Waals surface area contributed by atoms with Gasteiger partial charge in [0.25, 0.3) is 0 Å². The average molecular weight is 224 g/mol. The van der Waals surface area contributed by atoms with E-state index in [9.17, 15) is 0 Å². The lowest BCUT2D eigenvalue weighted by atomic mass is 9.81. The van der Waals surface area contributed by atoms with Gasteiger partial charge in [-0.25, -0.2) is 0 Å². The first-order valence-electron chi connectivity index (χ1n) is 5.93. The third-order valence-corrected chi connectivity index (χ3v) is 4.01. The van der Waals surface area contributed by atoms with Crippen molar-refractivity contribution in [3.63, 3.8) is 0 Å². The van der Waals surface area contributed by atoms with Gasteiger partial charge in [-0.1, -0.05) is 50.3 Å². The van der Waals surface area contributed by atoms with Crippen LogP contribution in [-0.4, -0.2) is 0 Å². The second-order valence-electron chi connectivity index (χ2n) is 5.17. The summed E-state index contributed by atoms with van der Waals surface area (Å²) in [6.07, 6.45) is 1.91. The number of furan rings is 1. The second-order valence-corrected chi connectivity index (χ2v) is 5.17. The quantitative estimate of drug-likeness (QED) is 0.685. The summed E-state index contributed by atoms with van der Waals surface area (Å²) in [5.41, 5.74) is 4.80. The predicted molar refractivity (Wildman–Crippen MR) is 72.0 cm³/mol. The molecule has 0 unspecified atom stereocenters. The highest BCUT2D eigenvalue weighted by Crippen LogP contribution is 2.50. The lowest BCUT2D eigenvalue weighted by Crippen LogP contribution is -2.15. The van der Waals surface area contributed by atoms with Crippen LogP contribution in [0.15, 0.2) is 46.9 Å². The summed E-state index contributed by atoms with van der Waals surface area (Å²) >= 11 is 0. The maximum atomic E-state index is 5.99. The molecule has 0 bridgehead atoms. The van der Waals surface area contributed by atoms with Gasteiger partial charge >= 0.3 is 0 Å². The van der Waals surface area contributed by atoms with E-state index in [-0.39, 0.29) is 5.41 Å². The van der Waals surface area contributed by atoms with Gasteiger partial charge in [-0.15, -0.1) is 0 Å². The number of para-hydroxylation sites is 1. The molecule has 17 heavy (non-hydrogen) atoms. The monoisotopic (exact) mass is 224 g/mol. The van der Waals surface area contributed by atoms with E-state index in [1.165, 1.54) is 16.5 Å². The van der Waals surface area contributed by atoms with Crippen LogP contribution in [0.1, 0.15) is 32.1 Å². The minimum absolute atomic E-state index is 0.0332. The third-order valence-electron chi connectivity index (χ3n) is 4.01. The summed E-state index contributed by atoms with van der Waals surface area (Å²) < 4.78 is 5.99. The van der Waals surface area contributed by atoms with E-state index in [1.54, 1.807) is 0 Å². The van der Waals surface area contributed by atoms with E-state index in [4.69, 9.17) is 4.42 Å². The molecular formula is C16H16O. The molecule has 0 saturated heterocycles. The molecule has 1 aromatic heterocycles. The molecule has 1 heteroatoms. The minimum Gasteiger partial charge on any atom is -0.456 e. The van der Waals surface area contributed by atoms with Crippen molar-refractivity contribution in [3.05, 3.63) is 53.8 Å². The van der Waals surface area contributed by atoms with Gasteiger partial charge in [0.2, 0.25) is 0 Å². The zero-order valence-corrected chi connectivity index (χ0v) is 10.5. The Labute approximate surface area is 101 Å². The van der Waals surface area contributed by atoms with E-state index in [0.717, 1.165) is 16.9 Å². The fourth-order valence-electron chi connectivity index (χ4n) is 2.80. The van der Waals surface area contributed by atoms with Crippen LogP contribution in [0.5, 0.6) is 0 Å². The van der Waals surface area contributed by atoms with Gasteiger partial charge in [-0.2, -0.15) is 0 Å². The molecule has 0 fully saturated rings. The van der Waals surface area contributed by atoms with Crippen LogP contribution in [0, 0.1) is 0 Å². The Bertz CT molecular complexity index is 653. The summed E-state index contributed by atoms with van der Waals surface area (Å²) in [4.78, 5) is 0. The first kappa shape index (κ1) is 10.4. The van der Waals surface area contributed by atoms with Gasteiger partial charge in [0.1, 0.15) is 11.3 Å². The zero-order chi connectivity index (χ0) is 12.2. The normalized spacial score (nSPS) is 17.6. The lowest BCUT2D eigenvalue weighted by Gasteiger charge is -2.21. The van der Waals surface area contributed by atoms with Crippen molar-refractivity contribution in [2.24, 2.45) is 0 Å². The molecule has 0 aliphatic heterocycles. The summed E-state index contributed by atoms with van der Waals surface area (Å²) in [7, 11) is 0. The van der Waals surface area contributed by atoms with E-state index >= 15 is 0 Å². The van der Waals surface area contributed by atoms with Crippen LogP contribution in [0.2, 0.25) is 0 Å². The number of hydrogen-bond donors (Lipinski definition) is 0. The maximum absolute atomic E-state index is 5.99. The Morgan fingerprint density at radius 3 is 2.65 bits per heavy atom. The molecule has 3 rings (SSSR count). The van der Waals surface area contributed by atoms with Gasteiger partial charge < -0.3 is 4.42 Å². The first-order valence-corrected chi connectivity index (χ1v) is 5.93. The standard InChI is InChI=1S/C16H16O/c1-5-11-10(2)16(3,4)14-12-8-6-7-9-13(12)17-15(11)14/h5-9H,1H2,2-4H3. The zero-order valence-electron chi connectivity index (χ0n) is 10.5. The van der Waals surface area contributed by atoms with Crippen molar-refractivity contribution in [1.82, 2.24) is 0 Å². The van der Waals surface area contributed by atoms with Crippen molar-refractivity contribution in [1.29, 1.82) is 0 Å². The molecule has 86 valence electrons. The molecule has 1 nitrogen and oxygen atoms in total. The highest BCUT2D eigenvalue weighted by molar-refractivity contribution is 5.94. The fourth-order valence-corrected chi connectivity index (χ4v) is 2.80. The fraction of sp³-hybridized carbons (Fsp3) is 0.250. The molecule has 0 amide bonds. The molecule has 0 radical (unpaired) electrons. The molecule has 0 N–H and O–H groups in total. The van der Waals surface area contributed by atoms with Gasteiger partial charge in [0, 0.05) is 21.9 Å². The van der Waals surface area contributed by atoms with Gasteiger partial charge in [-0.3, -0.25) is 0 Å².